The predicted octanol–water partition coefficient (Wildman–Crippen LogP) is 3.75. The molecule has 0 aliphatic heterocycles. The highest BCUT2D eigenvalue weighted by molar-refractivity contribution is 7.13. The molecule has 0 bridgehead atoms. The lowest BCUT2D eigenvalue weighted by atomic mass is 10.2. The predicted molar refractivity (Wildman–Crippen MR) is 94.4 cm³/mol. The summed E-state index contributed by atoms with van der Waals surface area (Å²) in [5, 5.41) is 0.793. The molecule has 4 nitrogen and oxygen atoms in total. The smallest absolute Gasteiger partial charge is 0.268 e. The van der Waals surface area contributed by atoms with Crippen LogP contribution in [0, 0.1) is 0 Å². The maximum Gasteiger partial charge on any atom is 0.268 e. The van der Waals surface area contributed by atoms with Crippen LogP contribution in [0.3, 0.4) is 0 Å². The highest BCUT2D eigenvalue weighted by atomic mass is 32.1. The number of benzene rings is 1. The van der Waals surface area contributed by atoms with Gasteiger partial charge in [-0.2, -0.15) is 0 Å². The van der Waals surface area contributed by atoms with Crippen LogP contribution in [0.15, 0.2) is 23.0 Å². The van der Waals surface area contributed by atoms with Crippen LogP contribution < -0.4 is 10.3 Å². The second kappa shape index (κ2) is 7.79. The van der Waals surface area contributed by atoms with Gasteiger partial charge in [0.05, 0.1) is 17.2 Å². The molecule has 22 heavy (non-hydrogen) atoms. The van der Waals surface area contributed by atoms with Crippen molar-refractivity contribution in [2.75, 3.05) is 26.7 Å². The molecule has 1 aromatic carbocycles. The summed E-state index contributed by atoms with van der Waals surface area (Å²) in [4.78, 5) is 14.9. The van der Waals surface area contributed by atoms with E-state index in [1.54, 1.807) is 18.6 Å². The first-order valence-corrected chi connectivity index (χ1v) is 8.79. The second-order valence-corrected chi connectivity index (χ2v) is 6.62. The fourth-order valence-corrected chi connectivity index (χ4v) is 3.81. The minimum absolute atomic E-state index is 0.123. The summed E-state index contributed by atoms with van der Waals surface area (Å²) in [6.07, 6.45) is 2.15. The molecular weight excluding hydrogens is 296 g/mol. The molecule has 0 saturated heterocycles. The number of aromatic nitrogens is 1. The SMILES string of the molecule is CCN(CC)CCCC(C)n1sc2cc(OC)ccc2c1=O. The van der Waals surface area contributed by atoms with E-state index in [1.165, 1.54) is 0 Å². The van der Waals surface area contributed by atoms with Gasteiger partial charge in [0.2, 0.25) is 0 Å². The molecule has 0 amide bonds. The van der Waals surface area contributed by atoms with Crippen molar-refractivity contribution in [1.29, 1.82) is 0 Å². The van der Waals surface area contributed by atoms with E-state index in [2.05, 4.69) is 25.7 Å². The Kier molecular flexibility index (Phi) is 6.03. The lowest BCUT2D eigenvalue weighted by Crippen LogP contribution is -2.25. The number of nitrogens with zero attached hydrogens (tertiary/aromatic N) is 2. The van der Waals surface area contributed by atoms with Crippen LogP contribution in [-0.2, 0) is 0 Å². The van der Waals surface area contributed by atoms with Gasteiger partial charge in [-0.15, -0.1) is 0 Å². The van der Waals surface area contributed by atoms with Crippen molar-refractivity contribution in [3.05, 3.63) is 28.6 Å². The molecule has 1 aromatic heterocycles. The fourth-order valence-electron chi connectivity index (χ4n) is 2.71. The summed E-state index contributed by atoms with van der Waals surface area (Å²) in [6, 6.07) is 5.91. The Morgan fingerprint density at radius 2 is 2.05 bits per heavy atom. The largest absolute Gasteiger partial charge is 0.497 e. The van der Waals surface area contributed by atoms with Crippen LogP contribution in [0.5, 0.6) is 5.75 Å². The first-order chi connectivity index (χ1) is 10.6. The monoisotopic (exact) mass is 322 g/mol. The Bertz CT molecular complexity index is 658. The Morgan fingerprint density at radius 1 is 1.32 bits per heavy atom. The lowest BCUT2D eigenvalue weighted by molar-refractivity contribution is 0.289. The summed E-state index contributed by atoms with van der Waals surface area (Å²) in [7, 11) is 1.65. The summed E-state index contributed by atoms with van der Waals surface area (Å²) < 4.78 is 8.15. The normalized spacial score (nSPS) is 13.0. The number of rotatable bonds is 8. The van der Waals surface area contributed by atoms with Crippen molar-refractivity contribution in [3.63, 3.8) is 0 Å². The highest BCUT2D eigenvalue weighted by Crippen LogP contribution is 2.25. The van der Waals surface area contributed by atoms with E-state index in [1.807, 2.05) is 22.2 Å². The number of fused-ring (bicyclic) bond motifs is 1. The third-order valence-corrected chi connectivity index (χ3v) is 5.46. The summed E-state index contributed by atoms with van der Waals surface area (Å²) in [6.45, 7) is 9.80. The zero-order valence-electron chi connectivity index (χ0n) is 14.0. The quantitative estimate of drug-likeness (QED) is 0.742. The lowest BCUT2D eigenvalue weighted by Gasteiger charge is -2.19. The molecule has 5 heteroatoms. The van der Waals surface area contributed by atoms with E-state index in [0.29, 0.717) is 0 Å². The third kappa shape index (κ3) is 3.70. The number of hydrogen-bond donors (Lipinski definition) is 0. The van der Waals surface area contributed by atoms with Gasteiger partial charge >= 0.3 is 0 Å². The zero-order chi connectivity index (χ0) is 16.1. The molecular formula is C17H26N2O2S. The van der Waals surface area contributed by atoms with Gasteiger partial charge < -0.3 is 9.64 Å². The highest BCUT2D eigenvalue weighted by Gasteiger charge is 2.14. The molecule has 0 fully saturated rings. The number of methoxy groups -OCH3 is 1. The van der Waals surface area contributed by atoms with E-state index in [9.17, 15) is 4.79 Å². The van der Waals surface area contributed by atoms with Crippen molar-refractivity contribution in [2.45, 2.75) is 39.7 Å². The second-order valence-electron chi connectivity index (χ2n) is 5.60. The summed E-state index contributed by atoms with van der Waals surface area (Å²) >= 11 is 1.54. The number of hydrogen-bond acceptors (Lipinski definition) is 4. The molecule has 2 aromatic rings. The van der Waals surface area contributed by atoms with Crippen LogP contribution in [0.4, 0.5) is 0 Å². The van der Waals surface area contributed by atoms with Gasteiger partial charge in [-0.25, -0.2) is 0 Å². The average Bonchev–Trinajstić information content (AvgIpc) is 2.87. The van der Waals surface area contributed by atoms with Gasteiger partial charge in [0.1, 0.15) is 5.75 Å². The molecule has 0 radical (unpaired) electrons. The van der Waals surface area contributed by atoms with Gasteiger partial charge in [0.25, 0.3) is 5.56 Å². The van der Waals surface area contributed by atoms with Gasteiger partial charge in [-0.3, -0.25) is 8.75 Å². The van der Waals surface area contributed by atoms with Crippen LogP contribution in [0.2, 0.25) is 0 Å². The first kappa shape index (κ1) is 17.0. The van der Waals surface area contributed by atoms with Crippen molar-refractivity contribution >= 4 is 21.6 Å². The Balaban J connectivity index is 2.09. The Labute approximate surface area is 136 Å². The van der Waals surface area contributed by atoms with Crippen molar-refractivity contribution in [1.82, 2.24) is 8.86 Å². The van der Waals surface area contributed by atoms with Gasteiger partial charge in [0.15, 0.2) is 0 Å². The van der Waals surface area contributed by atoms with E-state index >= 15 is 0 Å². The molecule has 0 saturated carbocycles. The molecule has 0 spiro atoms. The van der Waals surface area contributed by atoms with Crippen molar-refractivity contribution in [3.8, 4) is 5.75 Å². The molecule has 0 aliphatic rings. The minimum atomic E-state index is 0.123. The summed E-state index contributed by atoms with van der Waals surface area (Å²) in [5.74, 6) is 0.801. The minimum Gasteiger partial charge on any atom is -0.497 e. The van der Waals surface area contributed by atoms with E-state index in [-0.39, 0.29) is 11.6 Å². The molecule has 1 unspecified atom stereocenters. The van der Waals surface area contributed by atoms with Gasteiger partial charge in [-0.05, 0) is 57.6 Å². The molecule has 0 N–H and O–H groups in total. The van der Waals surface area contributed by atoms with Crippen LogP contribution >= 0.6 is 11.5 Å². The molecule has 2 rings (SSSR count). The molecule has 1 heterocycles. The third-order valence-electron chi connectivity index (χ3n) is 4.21. The van der Waals surface area contributed by atoms with Crippen LogP contribution in [0.1, 0.15) is 39.7 Å². The fraction of sp³-hybridized carbons (Fsp3) is 0.588. The van der Waals surface area contributed by atoms with Crippen molar-refractivity contribution in [2.24, 2.45) is 0 Å². The molecule has 122 valence electrons. The van der Waals surface area contributed by atoms with E-state index < -0.39 is 0 Å². The summed E-state index contributed by atoms with van der Waals surface area (Å²) in [5.41, 5.74) is 0.123. The Morgan fingerprint density at radius 3 is 2.68 bits per heavy atom. The van der Waals surface area contributed by atoms with Gasteiger partial charge in [0, 0.05) is 6.04 Å². The number of ether oxygens (including phenoxy) is 1. The van der Waals surface area contributed by atoms with Crippen LogP contribution in [-0.4, -0.2) is 35.6 Å². The maximum absolute atomic E-state index is 12.5. The standard InChI is InChI=1S/C17H26N2O2S/c1-5-18(6-2)11-7-8-13(3)19-17(20)15-10-9-14(21-4)12-16(15)22-19/h9-10,12-13H,5-8,11H2,1-4H3. The Hall–Kier alpha value is -1.33. The van der Waals surface area contributed by atoms with Gasteiger partial charge in [-0.1, -0.05) is 25.4 Å². The molecule has 0 aliphatic carbocycles. The topological polar surface area (TPSA) is 34.5 Å². The zero-order valence-corrected chi connectivity index (χ0v) is 14.8. The van der Waals surface area contributed by atoms with E-state index in [0.717, 1.165) is 48.3 Å². The van der Waals surface area contributed by atoms with E-state index in [4.69, 9.17) is 4.74 Å². The van der Waals surface area contributed by atoms with Crippen molar-refractivity contribution < 1.29 is 4.74 Å². The first-order valence-electron chi connectivity index (χ1n) is 8.02. The maximum atomic E-state index is 12.5. The average molecular weight is 322 g/mol. The molecule has 1 atom stereocenters. The van der Waals surface area contributed by atoms with Crippen LogP contribution in [0.25, 0.3) is 10.1 Å².